The molecule has 0 spiro atoms. The Bertz CT molecular complexity index is 392. The van der Waals surface area contributed by atoms with Gasteiger partial charge >= 0.3 is 0 Å². The number of hydrogen-bond acceptors (Lipinski definition) is 2. The molecule has 0 atom stereocenters. The Morgan fingerprint density at radius 2 is 1.21 bits per heavy atom. The molecule has 102 valence electrons. The fourth-order valence-electron chi connectivity index (χ4n) is 2.38. The SMILES string of the molecule is CC[Si](CC)(CC)c1ccncc1.c1ccncc1. The van der Waals surface area contributed by atoms with Gasteiger partial charge in [0.05, 0.1) is 8.07 Å². The van der Waals surface area contributed by atoms with Crippen molar-refractivity contribution in [3.63, 3.8) is 0 Å². The van der Waals surface area contributed by atoms with Gasteiger partial charge in [-0.25, -0.2) is 0 Å². The lowest BCUT2D eigenvalue weighted by Gasteiger charge is -2.28. The highest BCUT2D eigenvalue weighted by Crippen LogP contribution is 2.19. The highest BCUT2D eigenvalue weighted by Gasteiger charge is 2.28. The van der Waals surface area contributed by atoms with Crippen molar-refractivity contribution < 1.29 is 0 Å². The summed E-state index contributed by atoms with van der Waals surface area (Å²) in [5, 5.41) is 1.58. The molecule has 2 nitrogen and oxygen atoms in total. The molecular formula is C16H24N2Si. The van der Waals surface area contributed by atoms with Gasteiger partial charge in [0.15, 0.2) is 0 Å². The second-order valence-electron chi connectivity index (χ2n) is 4.60. The molecule has 0 fully saturated rings. The van der Waals surface area contributed by atoms with Crippen LogP contribution in [0.1, 0.15) is 20.8 Å². The van der Waals surface area contributed by atoms with Crippen molar-refractivity contribution in [3.8, 4) is 0 Å². The smallest absolute Gasteiger partial charge is 0.0860 e. The van der Waals surface area contributed by atoms with Crippen molar-refractivity contribution in [2.75, 3.05) is 0 Å². The van der Waals surface area contributed by atoms with Crippen LogP contribution in [0.4, 0.5) is 0 Å². The topological polar surface area (TPSA) is 25.8 Å². The van der Waals surface area contributed by atoms with Crippen molar-refractivity contribution in [3.05, 3.63) is 55.1 Å². The Labute approximate surface area is 118 Å². The number of aromatic nitrogens is 2. The lowest BCUT2D eigenvalue weighted by atomic mass is 10.5. The van der Waals surface area contributed by atoms with E-state index in [0.717, 1.165) is 0 Å². The van der Waals surface area contributed by atoms with Gasteiger partial charge in [-0.1, -0.05) is 50.2 Å². The first-order valence-electron chi connectivity index (χ1n) is 7.04. The third-order valence-corrected chi connectivity index (χ3v) is 9.51. The summed E-state index contributed by atoms with van der Waals surface area (Å²) in [4.78, 5) is 7.87. The van der Waals surface area contributed by atoms with Crippen molar-refractivity contribution in [2.45, 2.75) is 38.9 Å². The monoisotopic (exact) mass is 272 g/mol. The van der Waals surface area contributed by atoms with Crippen LogP contribution in [-0.2, 0) is 0 Å². The van der Waals surface area contributed by atoms with Gasteiger partial charge < -0.3 is 0 Å². The Balaban J connectivity index is 0.000000250. The van der Waals surface area contributed by atoms with E-state index in [1.54, 1.807) is 17.6 Å². The second kappa shape index (κ2) is 8.59. The zero-order valence-corrected chi connectivity index (χ0v) is 13.2. The first kappa shape index (κ1) is 15.6. The van der Waals surface area contributed by atoms with Crippen LogP contribution >= 0.6 is 0 Å². The Morgan fingerprint density at radius 3 is 1.53 bits per heavy atom. The predicted octanol–water partition coefficient (Wildman–Crippen LogP) is 3.88. The maximum absolute atomic E-state index is 4.08. The van der Waals surface area contributed by atoms with Crippen molar-refractivity contribution >= 4 is 13.3 Å². The molecule has 0 bridgehead atoms. The molecule has 0 aliphatic rings. The maximum atomic E-state index is 4.08. The summed E-state index contributed by atoms with van der Waals surface area (Å²) in [6, 6.07) is 14.2. The third kappa shape index (κ3) is 4.60. The van der Waals surface area contributed by atoms with Gasteiger partial charge in [0.1, 0.15) is 0 Å². The molecule has 0 saturated heterocycles. The van der Waals surface area contributed by atoms with Crippen LogP contribution in [0.25, 0.3) is 0 Å². The van der Waals surface area contributed by atoms with Crippen LogP contribution in [0.3, 0.4) is 0 Å². The summed E-state index contributed by atoms with van der Waals surface area (Å²) < 4.78 is 0. The van der Waals surface area contributed by atoms with E-state index in [2.05, 4.69) is 42.9 Å². The fraction of sp³-hybridized carbons (Fsp3) is 0.375. The van der Waals surface area contributed by atoms with Crippen LogP contribution < -0.4 is 5.19 Å². The van der Waals surface area contributed by atoms with E-state index >= 15 is 0 Å². The molecule has 0 amide bonds. The average molecular weight is 272 g/mol. The van der Waals surface area contributed by atoms with E-state index in [9.17, 15) is 0 Å². The number of nitrogens with zero attached hydrogens (tertiary/aromatic N) is 2. The van der Waals surface area contributed by atoms with Gasteiger partial charge in [-0.2, -0.15) is 0 Å². The van der Waals surface area contributed by atoms with Gasteiger partial charge in [0.2, 0.25) is 0 Å². The van der Waals surface area contributed by atoms with E-state index in [0.29, 0.717) is 0 Å². The minimum absolute atomic E-state index is 1.13. The summed E-state index contributed by atoms with van der Waals surface area (Å²) in [6.45, 7) is 7.00. The van der Waals surface area contributed by atoms with Crippen molar-refractivity contribution in [1.29, 1.82) is 0 Å². The van der Waals surface area contributed by atoms with Crippen LogP contribution in [0.5, 0.6) is 0 Å². The minimum Gasteiger partial charge on any atom is -0.265 e. The van der Waals surface area contributed by atoms with Crippen LogP contribution in [0, 0.1) is 0 Å². The first-order chi connectivity index (χ1) is 9.29. The molecule has 19 heavy (non-hydrogen) atoms. The molecule has 0 aromatic carbocycles. The van der Waals surface area contributed by atoms with E-state index in [1.807, 2.05) is 30.6 Å². The van der Waals surface area contributed by atoms with Gasteiger partial charge in [0, 0.05) is 24.8 Å². The first-order valence-corrected chi connectivity index (χ1v) is 9.66. The van der Waals surface area contributed by atoms with E-state index in [4.69, 9.17) is 0 Å². The molecule has 2 rings (SSSR count). The van der Waals surface area contributed by atoms with Gasteiger partial charge in [-0.3, -0.25) is 9.97 Å². The van der Waals surface area contributed by atoms with E-state index in [1.165, 1.54) is 18.1 Å². The Kier molecular flexibility index (Phi) is 7.04. The Hall–Kier alpha value is -1.48. The van der Waals surface area contributed by atoms with Crippen LogP contribution in [0.15, 0.2) is 55.1 Å². The molecule has 0 radical (unpaired) electrons. The van der Waals surface area contributed by atoms with Crippen molar-refractivity contribution in [1.82, 2.24) is 9.97 Å². The second-order valence-corrected chi connectivity index (χ2v) is 9.86. The van der Waals surface area contributed by atoms with Gasteiger partial charge in [-0.05, 0) is 24.3 Å². The molecule has 2 aromatic rings. The molecule has 0 unspecified atom stereocenters. The summed E-state index contributed by atoms with van der Waals surface area (Å²) in [7, 11) is -1.13. The normalized spacial score (nSPS) is 10.5. The van der Waals surface area contributed by atoms with Crippen molar-refractivity contribution in [2.24, 2.45) is 0 Å². The average Bonchev–Trinajstić information content (AvgIpc) is 2.53. The van der Waals surface area contributed by atoms with E-state index in [-0.39, 0.29) is 0 Å². The predicted molar refractivity (Wildman–Crippen MR) is 85.3 cm³/mol. The summed E-state index contributed by atoms with van der Waals surface area (Å²) in [5.41, 5.74) is 0. The quantitative estimate of drug-likeness (QED) is 0.789. The highest BCUT2D eigenvalue weighted by atomic mass is 28.3. The zero-order valence-electron chi connectivity index (χ0n) is 12.2. The lowest BCUT2D eigenvalue weighted by Crippen LogP contribution is -2.45. The standard InChI is InChI=1S/C11H19NSi.C5H5N/c1-4-13(5-2,6-3)11-7-9-12-10-8-11;1-2-4-6-5-3-1/h7-10H,4-6H2,1-3H3;1-5H. The lowest BCUT2D eigenvalue weighted by molar-refractivity contribution is 1.19. The molecule has 3 heteroatoms. The highest BCUT2D eigenvalue weighted by molar-refractivity contribution is 6.91. The fourth-order valence-corrected chi connectivity index (χ4v) is 5.96. The zero-order chi connectivity index (χ0) is 14.0. The van der Waals surface area contributed by atoms with Crippen LogP contribution in [0.2, 0.25) is 18.1 Å². The molecule has 0 saturated carbocycles. The Morgan fingerprint density at radius 1 is 0.737 bits per heavy atom. The summed E-state index contributed by atoms with van der Waals surface area (Å²) >= 11 is 0. The number of hydrogen-bond donors (Lipinski definition) is 0. The van der Waals surface area contributed by atoms with Gasteiger partial charge in [0.25, 0.3) is 0 Å². The molecule has 0 aliphatic carbocycles. The number of pyridine rings is 2. The molecular weight excluding hydrogens is 248 g/mol. The van der Waals surface area contributed by atoms with Crippen LogP contribution in [-0.4, -0.2) is 18.0 Å². The minimum atomic E-state index is -1.13. The van der Waals surface area contributed by atoms with Gasteiger partial charge in [-0.15, -0.1) is 0 Å². The number of rotatable bonds is 4. The summed E-state index contributed by atoms with van der Waals surface area (Å²) in [5.74, 6) is 0. The van der Waals surface area contributed by atoms with E-state index < -0.39 is 8.07 Å². The molecule has 2 aromatic heterocycles. The summed E-state index contributed by atoms with van der Waals surface area (Å²) in [6.07, 6.45) is 7.36. The largest absolute Gasteiger partial charge is 0.265 e. The molecule has 0 N–H and O–H groups in total. The maximum Gasteiger partial charge on any atom is 0.0860 e. The molecule has 2 heterocycles. The molecule has 0 aliphatic heterocycles. The third-order valence-electron chi connectivity index (χ3n) is 3.89.